The monoisotopic (exact) mass is 185 g/mol. The smallest absolute Gasteiger partial charge is 0.315 e. The van der Waals surface area contributed by atoms with E-state index in [1.54, 1.807) is 0 Å². The molecule has 76 valence electrons. The Morgan fingerprint density at radius 2 is 2.38 bits per heavy atom. The molecule has 0 radical (unpaired) electrons. The Labute approximate surface area is 79.7 Å². The van der Waals surface area contributed by atoms with Crippen LogP contribution in [0.1, 0.15) is 19.8 Å². The number of amides is 2. The highest BCUT2D eigenvalue weighted by molar-refractivity contribution is 5.74. The average molecular weight is 185 g/mol. The van der Waals surface area contributed by atoms with Crippen LogP contribution in [0.3, 0.4) is 0 Å². The van der Waals surface area contributed by atoms with Crippen molar-refractivity contribution in [1.29, 1.82) is 0 Å². The molecule has 0 aromatic heterocycles. The third kappa shape index (κ3) is 3.63. The first-order chi connectivity index (χ1) is 6.22. The maximum atomic E-state index is 11.2. The summed E-state index contributed by atoms with van der Waals surface area (Å²) in [5, 5.41) is 5.76. The summed E-state index contributed by atoms with van der Waals surface area (Å²) in [7, 11) is 2.08. The zero-order chi connectivity index (χ0) is 9.68. The number of hydrogen-bond donors (Lipinski definition) is 2. The lowest BCUT2D eigenvalue weighted by Gasteiger charge is -2.13. The van der Waals surface area contributed by atoms with Crippen molar-refractivity contribution in [2.45, 2.75) is 25.8 Å². The Bertz CT molecular complexity index is 172. The number of carbonyl (C=O) groups is 1. The van der Waals surface area contributed by atoms with Crippen LogP contribution in [0.5, 0.6) is 0 Å². The summed E-state index contributed by atoms with van der Waals surface area (Å²) in [6, 6.07) is 0.309. The van der Waals surface area contributed by atoms with E-state index in [1.807, 2.05) is 6.92 Å². The summed E-state index contributed by atoms with van der Waals surface area (Å²) in [4.78, 5) is 13.5. The van der Waals surface area contributed by atoms with Gasteiger partial charge in [0, 0.05) is 19.1 Å². The number of rotatable bonds is 3. The van der Waals surface area contributed by atoms with Gasteiger partial charge in [0.2, 0.25) is 0 Å². The molecule has 1 fully saturated rings. The fourth-order valence-corrected chi connectivity index (χ4v) is 1.53. The molecule has 0 bridgehead atoms. The Balaban J connectivity index is 2.13. The third-order valence-electron chi connectivity index (χ3n) is 2.26. The zero-order valence-electron chi connectivity index (χ0n) is 8.47. The topological polar surface area (TPSA) is 44.4 Å². The fourth-order valence-electron chi connectivity index (χ4n) is 1.53. The summed E-state index contributed by atoms with van der Waals surface area (Å²) in [5.41, 5.74) is 0. The van der Waals surface area contributed by atoms with Gasteiger partial charge in [0.05, 0.1) is 0 Å². The van der Waals surface area contributed by atoms with Gasteiger partial charge in [0.15, 0.2) is 0 Å². The molecular formula is C9H19N3O. The van der Waals surface area contributed by atoms with Gasteiger partial charge in [-0.05, 0) is 26.4 Å². The minimum atomic E-state index is -0.0258. The summed E-state index contributed by atoms with van der Waals surface area (Å²) < 4.78 is 0. The molecule has 4 heteroatoms. The first-order valence-corrected chi connectivity index (χ1v) is 4.95. The number of carbonyl (C=O) groups excluding carboxylic acids is 1. The minimum Gasteiger partial charge on any atom is -0.338 e. The van der Waals surface area contributed by atoms with Crippen molar-refractivity contribution >= 4 is 6.03 Å². The number of urea groups is 1. The van der Waals surface area contributed by atoms with Gasteiger partial charge in [-0.2, -0.15) is 0 Å². The van der Waals surface area contributed by atoms with Crippen molar-refractivity contribution in [3.8, 4) is 0 Å². The molecule has 4 nitrogen and oxygen atoms in total. The molecule has 13 heavy (non-hydrogen) atoms. The lowest BCUT2D eigenvalue weighted by Crippen LogP contribution is -2.43. The molecule has 0 aromatic carbocycles. The van der Waals surface area contributed by atoms with Gasteiger partial charge >= 0.3 is 6.03 Å². The van der Waals surface area contributed by atoms with Gasteiger partial charge < -0.3 is 15.5 Å². The van der Waals surface area contributed by atoms with Crippen LogP contribution in [-0.2, 0) is 0 Å². The highest BCUT2D eigenvalue weighted by Crippen LogP contribution is 2.05. The van der Waals surface area contributed by atoms with Crippen LogP contribution >= 0.6 is 0 Å². The summed E-state index contributed by atoms with van der Waals surface area (Å²) in [6.07, 6.45) is 2.05. The number of nitrogens with zero attached hydrogens (tertiary/aromatic N) is 1. The Morgan fingerprint density at radius 1 is 1.62 bits per heavy atom. The fraction of sp³-hybridized carbons (Fsp3) is 0.889. The molecule has 1 rings (SSSR count). The van der Waals surface area contributed by atoms with Crippen LogP contribution in [0, 0.1) is 0 Å². The summed E-state index contributed by atoms with van der Waals surface area (Å²) in [6.45, 7) is 4.86. The largest absolute Gasteiger partial charge is 0.338 e. The van der Waals surface area contributed by atoms with Crippen molar-refractivity contribution in [2.75, 3.05) is 26.7 Å². The van der Waals surface area contributed by atoms with Crippen molar-refractivity contribution < 1.29 is 4.79 Å². The van der Waals surface area contributed by atoms with E-state index < -0.39 is 0 Å². The molecule has 1 aliphatic heterocycles. The van der Waals surface area contributed by atoms with E-state index in [4.69, 9.17) is 0 Å². The van der Waals surface area contributed by atoms with Crippen molar-refractivity contribution in [3.63, 3.8) is 0 Å². The normalized spacial score (nSPS) is 23.1. The van der Waals surface area contributed by atoms with Gasteiger partial charge in [0.25, 0.3) is 0 Å². The highest BCUT2D eigenvalue weighted by Gasteiger charge is 2.20. The third-order valence-corrected chi connectivity index (χ3v) is 2.26. The molecule has 0 saturated carbocycles. The SMILES string of the molecule is CCCNC(=O)NC1CCN(C)C1. The molecule has 1 aliphatic rings. The maximum Gasteiger partial charge on any atom is 0.315 e. The van der Waals surface area contributed by atoms with Gasteiger partial charge in [-0.3, -0.25) is 0 Å². The second-order valence-electron chi connectivity index (χ2n) is 3.65. The van der Waals surface area contributed by atoms with Crippen LogP contribution < -0.4 is 10.6 Å². The first kappa shape index (κ1) is 10.3. The molecule has 1 unspecified atom stereocenters. The Morgan fingerprint density at radius 3 is 2.92 bits per heavy atom. The number of hydrogen-bond acceptors (Lipinski definition) is 2. The Hall–Kier alpha value is -0.770. The Kier molecular flexibility index (Phi) is 4.02. The van der Waals surface area contributed by atoms with Crippen LogP contribution in [0.2, 0.25) is 0 Å². The molecule has 1 saturated heterocycles. The molecular weight excluding hydrogens is 166 g/mol. The number of nitrogens with one attached hydrogen (secondary N) is 2. The zero-order valence-corrected chi connectivity index (χ0v) is 8.47. The average Bonchev–Trinajstić information content (AvgIpc) is 2.48. The summed E-state index contributed by atoms with van der Waals surface area (Å²) >= 11 is 0. The van der Waals surface area contributed by atoms with Gasteiger partial charge in [-0.25, -0.2) is 4.79 Å². The van der Waals surface area contributed by atoms with E-state index in [2.05, 4.69) is 22.6 Å². The molecule has 0 spiro atoms. The predicted molar refractivity (Wildman–Crippen MR) is 52.7 cm³/mol. The van der Waals surface area contributed by atoms with E-state index in [1.165, 1.54) is 0 Å². The van der Waals surface area contributed by atoms with E-state index in [9.17, 15) is 4.79 Å². The van der Waals surface area contributed by atoms with Crippen LogP contribution in [-0.4, -0.2) is 43.7 Å². The lowest BCUT2D eigenvalue weighted by atomic mass is 10.3. The molecule has 0 aromatic rings. The second-order valence-corrected chi connectivity index (χ2v) is 3.65. The van der Waals surface area contributed by atoms with Gasteiger partial charge in [-0.15, -0.1) is 0 Å². The maximum absolute atomic E-state index is 11.2. The van der Waals surface area contributed by atoms with E-state index >= 15 is 0 Å². The number of likely N-dealkylation sites (N-methyl/N-ethyl adjacent to an activating group) is 1. The van der Waals surface area contributed by atoms with Crippen LogP contribution in [0.15, 0.2) is 0 Å². The second kappa shape index (κ2) is 5.07. The molecule has 1 heterocycles. The van der Waals surface area contributed by atoms with Crippen molar-refractivity contribution in [2.24, 2.45) is 0 Å². The van der Waals surface area contributed by atoms with Crippen LogP contribution in [0.4, 0.5) is 4.79 Å². The van der Waals surface area contributed by atoms with E-state index in [-0.39, 0.29) is 6.03 Å². The van der Waals surface area contributed by atoms with Gasteiger partial charge in [-0.1, -0.05) is 6.92 Å². The van der Waals surface area contributed by atoms with Crippen LogP contribution in [0.25, 0.3) is 0 Å². The number of likely N-dealkylation sites (tertiary alicyclic amines) is 1. The first-order valence-electron chi connectivity index (χ1n) is 4.95. The highest BCUT2D eigenvalue weighted by atomic mass is 16.2. The van der Waals surface area contributed by atoms with E-state index in [0.717, 1.165) is 32.5 Å². The molecule has 0 aliphatic carbocycles. The molecule has 1 atom stereocenters. The van der Waals surface area contributed by atoms with Gasteiger partial charge in [0.1, 0.15) is 0 Å². The predicted octanol–water partition coefficient (Wildman–Crippen LogP) is 0.400. The standard InChI is InChI=1S/C9H19N3O/c1-3-5-10-9(13)11-8-4-6-12(2)7-8/h8H,3-7H2,1-2H3,(H2,10,11,13). The van der Waals surface area contributed by atoms with E-state index in [0.29, 0.717) is 6.04 Å². The molecule has 2 amide bonds. The lowest BCUT2D eigenvalue weighted by molar-refractivity contribution is 0.237. The molecule has 2 N–H and O–H groups in total. The van der Waals surface area contributed by atoms with Crippen molar-refractivity contribution in [3.05, 3.63) is 0 Å². The quantitative estimate of drug-likeness (QED) is 0.668. The minimum absolute atomic E-state index is 0.0258. The van der Waals surface area contributed by atoms with Crippen molar-refractivity contribution in [1.82, 2.24) is 15.5 Å². The summed E-state index contributed by atoms with van der Waals surface area (Å²) in [5.74, 6) is 0.